The van der Waals surface area contributed by atoms with Crippen molar-refractivity contribution in [1.29, 1.82) is 0 Å². The normalized spacial score (nSPS) is 25.5. The van der Waals surface area contributed by atoms with Crippen molar-refractivity contribution in [3.63, 3.8) is 0 Å². The molecule has 1 heterocycles. The average Bonchev–Trinajstić information content (AvgIpc) is 1.86. The zero-order chi connectivity index (χ0) is 4.41. The largest absolute Gasteiger partial charge is 0.302 e. The van der Waals surface area contributed by atoms with E-state index in [4.69, 9.17) is 5.84 Å². The zero-order valence-electron chi connectivity index (χ0n) is 3.57. The molecule has 0 atom stereocenters. The summed E-state index contributed by atoms with van der Waals surface area (Å²) >= 11 is 0. The van der Waals surface area contributed by atoms with Crippen LogP contribution in [0, 0.1) is 0 Å². The highest BCUT2D eigenvalue weighted by Gasteiger charge is 2.03. The molecule has 0 amide bonds. The van der Waals surface area contributed by atoms with Gasteiger partial charge in [0.2, 0.25) is 0 Å². The van der Waals surface area contributed by atoms with Gasteiger partial charge in [-0.15, -0.1) is 0 Å². The quantitative estimate of drug-likeness (QED) is 0.412. The Balaban J connectivity index is 2.18. The second-order valence-corrected chi connectivity index (χ2v) is 1.42. The molecule has 1 aliphatic rings. The van der Waals surface area contributed by atoms with Crippen molar-refractivity contribution >= 4 is 0 Å². The Bertz CT molecular complexity index is 39.3. The lowest BCUT2D eigenvalue weighted by Gasteiger charge is -1.97. The molecule has 0 spiro atoms. The van der Waals surface area contributed by atoms with Crippen molar-refractivity contribution in [3.05, 3.63) is 0 Å². The first-order valence-electron chi connectivity index (χ1n) is 2.06. The summed E-state index contributed by atoms with van der Waals surface area (Å²) in [5.74, 6) is 6.90. The maximum Gasteiger partial charge on any atom is 0.0635 e. The third kappa shape index (κ3) is 0.680. The topological polar surface area (TPSA) is 39.1 Å². The van der Waals surface area contributed by atoms with Gasteiger partial charge in [-0.1, -0.05) is 0 Å². The molecule has 6 heavy (non-hydrogen) atoms. The van der Waals surface area contributed by atoms with Crippen LogP contribution in [0.3, 0.4) is 0 Å². The third-order valence-corrected chi connectivity index (χ3v) is 0.861. The smallest absolute Gasteiger partial charge is 0.0635 e. The van der Waals surface area contributed by atoms with Crippen LogP contribution in [-0.2, 0) is 0 Å². The summed E-state index contributed by atoms with van der Waals surface area (Å²) in [4.78, 5) is 0. The summed E-state index contributed by atoms with van der Waals surface area (Å²) in [7, 11) is 0. The molecule has 2 N–H and O–H groups in total. The minimum Gasteiger partial charge on any atom is -0.302 e. The van der Waals surface area contributed by atoms with Crippen molar-refractivity contribution in [3.8, 4) is 0 Å². The molecule has 3 nitrogen and oxygen atoms in total. The van der Waals surface area contributed by atoms with Crippen LogP contribution in [-0.4, -0.2) is 24.8 Å². The second-order valence-electron chi connectivity index (χ2n) is 1.42. The number of hydrogen-bond donors (Lipinski definition) is 1. The second kappa shape index (κ2) is 1.55. The molecule has 0 aliphatic carbocycles. The Labute approximate surface area is 37.1 Å². The van der Waals surface area contributed by atoms with E-state index >= 15 is 0 Å². The Morgan fingerprint density at radius 3 is 2.67 bits per heavy atom. The van der Waals surface area contributed by atoms with Gasteiger partial charge in [0.05, 0.1) is 6.67 Å². The fraction of sp³-hybridized carbons (Fsp3) is 1.00. The monoisotopic (exact) mass is 86.1 g/mol. The van der Waals surface area contributed by atoms with E-state index in [1.54, 1.807) is 0 Å². The molecule has 0 aromatic rings. The summed E-state index contributed by atoms with van der Waals surface area (Å²) in [5.41, 5.74) is 0. The van der Waals surface area contributed by atoms with Crippen LogP contribution in [0.5, 0.6) is 0 Å². The molecule has 35 valence electrons. The van der Waals surface area contributed by atoms with Crippen LogP contribution in [0.2, 0.25) is 0 Å². The summed E-state index contributed by atoms with van der Waals surface area (Å²) in [6, 6.07) is 0. The number of nitrogens with zero attached hydrogens (tertiary/aromatic N) is 1. The molecule has 1 fully saturated rings. The van der Waals surface area contributed by atoms with Crippen molar-refractivity contribution in [2.75, 3.05) is 19.8 Å². The molecule has 0 aromatic carbocycles. The van der Waals surface area contributed by atoms with Gasteiger partial charge in [0.15, 0.2) is 0 Å². The third-order valence-electron chi connectivity index (χ3n) is 0.861. The minimum absolute atomic E-state index is 0.736. The highest BCUT2D eigenvalue weighted by Crippen LogP contribution is 1.80. The van der Waals surface area contributed by atoms with Crippen LogP contribution >= 0.6 is 0 Å². The van der Waals surface area contributed by atoms with Gasteiger partial charge in [0.25, 0.3) is 0 Å². The molecular formula is C3H8N3. The van der Waals surface area contributed by atoms with Crippen molar-refractivity contribution in [2.24, 2.45) is 0 Å². The summed E-state index contributed by atoms with van der Waals surface area (Å²) in [6.45, 7) is 2.59. The molecule has 1 radical (unpaired) electrons. The lowest BCUT2D eigenvalue weighted by atomic mass is 10.7. The Morgan fingerprint density at radius 2 is 2.50 bits per heavy atom. The molecule has 3 heteroatoms. The SMILES string of the molecule is [NH]N1CCNC1. The first-order valence-corrected chi connectivity index (χ1v) is 2.06. The number of hydrogen-bond acceptors (Lipinski definition) is 2. The molecule has 0 unspecified atom stereocenters. The maximum absolute atomic E-state index is 6.90. The van der Waals surface area contributed by atoms with Gasteiger partial charge in [0, 0.05) is 13.1 Å². The van der Waals surface area contributed by atoms with E-state index in [2.05, 4.69) is 5.32 Å². The van der Waals surface area contributed by atoms with Crippen LogP contribution < -0.4 is 11.2 Å². The first-order chi connectivity index (χ1) is 2.89. The summed E-state index contributed by atoms with van der Waals surface area (Å²) in [5, 5.41) is 4.51. The molecule has 1 rings (SSSR count). The Hall–Kier alpha value is -0.120. The highest BCUT2D eigenvalue weighted by molar-refractivity contribution is 4.56. The van der Waals surface area contributed by atoms with Crippen molar-refractivity contribution < 1.29 is 0 Å². The van der Waals surface area contributed by atoms with Gasteiger partial charge < -0.3 is 5.32 Å². The van der Waals surface area contributed by atoms with E-state index in [9.17, 15) is 0 Å². The zero-order valence-corrected chi connectivity index (χ0v) is 3.57. The summed E-state index contributed by atoms with van der Waals surface area (Å²) in [6.07, 6.45) is 0. The van der Waals surface area contributed by atoms with E-state index in [-0.39, 0.29) is 0 Å². The molecule has 0 saturated carbocycles. The van der Waals surface area contributed by atoms with Crippen molar-refractivity contribution in [1.82, 2.24) is 16.2 Å². The van der Waals surface area contributed by atoms with Crippen LogP contribution in [0.25, 0.3) is 0 Å². The fourth-order valence-corrected chi connectivity index (χ4v) is 0.507. The Kier molecular flexibility index (Phi) is 1.05. The Morgan fingerprint density at radius 1 is 1.67 bits per heavy atom. The molecule has 0 bridgehead atoms. The van der Waals surface area contributed by atoms with E-state index in [0.717, 1.165) is 19.8 Å². The van der Waals surface area contributed by atoms with Crippen LogP contribution in [0.15, 0.2) is 0 Å². The van der Waals surface area contributed by atoms with E-state index in [0.29, 0.717) is 0 Å². The highest BCUT2D eigenvalue weighted by atomic mass is 15.5. The van der Waals surface area contributed by atoms with Crippen molar-refractivity contribution in [2.45, 2.75) is 0 Å². The molecular weight excluding hydrogens is 78.1 g/mol. The van der Waals surface area contributed by atoms with E-state index in [1.807, 2.05) is 0 Å². The first kappa shape index (κ1) is 4.05. The van der Waals surface area contributed by atoms with E-state index in [1.165, 1.54) is 5.01 Å². The predicted octanol–water partition coefficient (Wildman–Crippen LogP) is -0.953. The molecule has 0 aromatic heterocycles. The molecule has 1 aliphatic heterocycles. The fourth-order valence-electron chi connectivity index (χ4n) is 0.507. The average molecular weight is 86.1 g/mol. The maximum atomic E-state index is 6.90. The van der Waals surface area contributed by atoms with Gasteiger partial charge in [-0.05, 0) is 0 Å². The van der Waals surface area contributed by atoms with Gasteiger partial charge >= 0.3 is 0 Å². The summed E-state index contributed by atoms with van der Waals surface area (Å²) < 4.78 is 0. The van der Waals surface area contributed by atoms with Gasteiger partial charge in [0.1, 0.15) is 0 Å². The van der Waals surface area contributed by atoms with Crippen LogP contribution in [0.4, 0.5) is 0 Å². The lowest BCUT2D eigenvalue weighted by Crippen LogP contribution is -2.18. The minimum atomic E-state index is 0.736. The molecule has 1 saturated heterocycles. The number of nitrogens with one attached hydrogen (secondary N) is 2. The van der Waals surface area contributed by atoms with Gasteiger partial charge in [-0.2, -0.15) is 5.84 Å². The van der Waals surface area contributed by atoms with Gasteiger partial charge in [-0.25, -0.2) is 5.01 Å². The standard InChI is InChI=1S/C3H8N3/c4-6-2-1-5-3-6/h4-5H,1-3H2. The van der Waals surface area contributed by atoms with E-state index < -0.39 is 0 Å². The predicted molar refractivity (Wildman–Crippen MR) is 22.7 cm³/mol. The lowest BCUT2D eigenvalue weighted by molar-refractivity contribution is 0.330. The van der Waals surface area contributed by atoms with Crippen LogP contribution in [0.1, 0.15) is 0 Å². The van der Waals surface area contributed by atoms with Gasteiger partial charge in [-0.3, -0.25) is 0 Å². The number of rotatable bonds is 0.